The van der Waals surface area contributed by atoms with E-state index in [1.54, 1.807) is 0 Å². The number of nitrogens with zero attached hydrogens (tertiary/aromatic N) is 1. The Morgan fingerprint density at radius 1 is 1.23 bits per heavy atom. The average molecular weight is 237 g/mol. The SMILES string of the molecule is CNc1ccc2cc(Br)ccc2n1. The van der Waals surface area contributed by atoms with E-state index in [-0.39, 0.29) is 0 Å². The molecule has 1 N–H and O–H groups in total. The maximum atomic E-state index is 4.40. The van der Waals surface area contributed by atoms with Crippen molar-refractivity contribution in [3.63, 3.8) is 0 Å². The molecular weight excluding hydrogens is 228 g/mol. The van der Waals surface area contributed by atoms with Crippen molar-refractivity contribution >= 4 is 32.7 Å². The second-order valence-electron chi connectivity index (χ2n) is 2.78. The van der Waals surface area contributed by atoms with Crippen molar-refractivity contribution < 1.29 is 0 Å². The largest absolute Gasteiger partial charge is 0.373 e. The summed E-state index contributed by atoms with van der Waals surface area (Å²) in [5.74, 6) is 0.898. The lowest BCUT2D eigenvalue weighted by Crippen LogP contribution is -1.91. The van der Waals surface area contributed by atoms with Gasteiger partial charge in [0.2, 0.25) is 0 Å². The first-order valence-electron chi connectivity index (χ1n) is 4.03. The molecule has 66 valence electrons. The van der Waals surface area contributed by atoms with Gasteiger partial charge in [0.1, 0.15) is 5.82 Å². The normalized spacial score (nSPS) is 10.3. The molecule has 2 rings (SSSR count). The molecule has 0 aliphatic carbocycles. The second-order valence-corrected chi connectivity index (χ2v) is 3.70. The van der Waals surface area contributed by atoms with E-state index in [1.165, 1.54) is 0 Å². The summed E-state index contributed by atoms with van der Waals surface area (Å²) in [4.78, 5) is 4.40. The summed E-state index contributed by atoms with van der Waals surface area (Å²) in [6.45, 7) is 0. The van der Waals surface area contributed by atoms with Crippen LogP contribution in [0, 0.1) is 0 Å². The lowest BCUT2D eigenvalue weighted by molar-refractivity contribution is 1.34. The number of aromatic nitrogens is 1. The quantitative estimate of drug-likeness (QED) is 0.824. The van der Waals surface area contributed by atoms with E-state index >= 15 is 0 Å². The van der Waals surface area contributed by atoms with Crippen molar-refractivity contribution in [2.75, 3.05) is 12.4 Å². The van der Waals surface area contributed by atoms with Gasteiger partial charge in [-0.1, -0.05) is 15.9 Å². The van der Waals surface area contributed by atoms with Gasteiger partial charge in [-0.15, -0.1) is 0 Å². The number of pyridine rings is 1. The number of rotatable bonds is 1. The van der Waals surface area contributed by atoms with Crippen LogP contribution in [0.4, 0.5) is 5.82 Å². The Balaban J connectivity index is 2.66. The molecule has 0 atom stereocenters. The molecule has 0 saturated carbocycles. The van der Waals surface area contributed by atoms with Gasteiger partial charge in [0.15, 0.2) is 0 Å². The zero-order chi connectivity index (χ0) is 9.26. The molecule has 1 aromatic carbocycles. The monoisotopic (exact) mass is 236 g/mol. The van der Waals surface area contributed by atoms with Crippen LogP contribution in [-0.2, 0) is 0 Å². The highest BCUT2D eigenvalue weighted by Gasteiger charge is 1.96. The first kappa shape index (κ1) is 8.51. The molecular formula is C10H9BrN2. The van der Waals surface area contributed by atoms with Crippen molar-refractivity contribution in [2.45, 2.75) is 0 Å². The maximum Gasteiger partial charge on any atom is 0.126 e. The summed E-state index contributed by atoms with van der Waals surface area (Å²) in [5, 5.41) is 4.16. The molecule has 2 aromatic rings. The highest BCUT2D eigenvalue weighted by Crippen LogP contribution is 2.19. The van der Waals surface area contributed by atoms with Crippen LogP contribution in [0.15, 0.2) is 34.8 Å². The Bertz CT molecular complexity index is 440. The molecule has 0 amide bonds. The topological polar surface area (TPSA) is 24.9 Å². The molecule has 0 bridgehead atoms. The molecule has 1 aromatic heterocycles. The van der Waals surface area contributed by atoms with Crippen LogP contribution >= 0.6 is 15.9 Å². The number of anilines is 1. The highest BCUT2D eigenvalue weighted by atomic mass is 79.9. The number of nitrogens with one attached hydrogen (secondary N) is 1. The zero-order valence-electron chi connectivity index (χ0n) is 7.21. The fraction of sp³-hybridized carbons (Fsp3) is 0.100. The minimum absolute atomic E-state index is 0.898. The van der Waals surface area contributed by atoms with Gasteiger partial charge < -0.3 is 5.32 Å². The van der Waals surface area contributed by atoms with E-state index in [2.05, 4.69) is 38.4 Å². The lowest BCUT2D eigenvalue weighted by atomic mass is 10.2. The Hall–Kier alpha value is -1.09. The van der Waals surface area contributed by atoms with Crippen molar-refractivity contribution in [3.8, 4) is 0 Å². The van der Waals surface area contributed by atoms with E-state index in [0.29, 0.717) is 0 Å². The van der Waals surface area contributed by atoms with E-state index in [0.717, 1.165) is 21.2 Å². The van der Waals surface area contributed by atoms with Crippen LogP contribution in [0.25, 0.3) is 10.9 Å². The minimum atomic E-state index is 0.898. The van der Waals surface area contributed by atoms with Crippen LogP contribution in [0.2, 0.25) is 0 Å². The van der Waals surface area contributed by atoms with Crippen molar-refractivity contribution in [2.24, 2.45) is 0 Å². The minimum Gasteiger partial charge on any atom is -0.373 e. The lowest BCUT2D eigenvalue weighted by Gasteiger charge is -2.01. The first-order chi connectivity index (χ1) is 6.29. The number of halogens is 1. The second kappa shape index (κ2) is 3.34. The van der Waals surface area contributed by atoms with E-state index in [9.17, 15) is 0 Å². The fourth-order valence-corrected chi connectivity index (χ4v) is 1.61. The molecule has 0 spiro atoms. The number of hydrogen-bond acceptors (Lipinski definition) is 2. The summed E-state index contributed by atoms with van der Waals surface area (Å²) in [5.41, 5.74) is 1.01. The van der Waals surface area contributed by atoms with Crippen molar-refractivity contribution in [1.82, 2.24) is 4.98 Å². The summed E-state index contributed by atoms with van der Waals surface area (Å²) in [6.07, 6.45) is 0. The third-order valence-electron chi connectivity index (χ3n) is 1.91. The molecule has 0 saturated heterocycles. The summed E-state index contributed by atoms with van der Waals surface area (Å²) in [7, 11) is 1.87. The number of hydrogen-bond donors (Lipinski definition) is 1. The predicted octanol–water partition coefficient (Wildman–Crippen LogP) is 3.04. The van der Waals surface area contributed by atoms with Gasteiger partial charge in [-0.3, -0.25) is 0 Å². The van der Waals surface area contributed by atoms with Crippen LogP contribution in [-0.4, -0.2) is 12.0 Å². The summed E-state index contributed by atoms with van der Waals surface area (Å²) < 4.78 is 1.08. The van der Waals surface area contributed by atoms with Crippen LogP contribution in [0.5, 0.6) is 0 Å². The van der Waals surface area contributed by atoms with Gasteiger partial charge in [0.25, 0.3) is 0 Å². The first-order valence-corrected chi connectivity index (χ1v) is 4.83. The van der Waals surface area contributed by atoms with E-state index < -0.39 is 0 Å². The molecule has 13 heavy (non-hydrogen) atoms. The third-order valence-corrected chi connectivity index (χ3v) is 2.40. The van der Waals surface area contributed by atoms with Gasteiger partial charge in [-0.25, -0.2) is 4.98 Å². The van der Waals surface area contributed by atoms with Gasteiger partial charge in [-0.05, 0) is 30.3 Å². The zero-order valence-corrected chi connectivity index (χ0v) is 8.80. The third kappa shape index (κ3) is 1.65. The fourth-order valence-electron chi connectivity index (χ4n) is 1.24. The highest BCUT2D eigenvalue weighted by molar-refractivity contribution is 9.10. The Kier molecular flexibility index (Phi) is 2.19. The predicted molar refractivity (Wildman–Crippen MR) is 59.0 cm³/mol. The molecule has 0 aliphatic rings. The Morgan fingerprint density at radius 3 is 2.85 bits per heavy atom. The molecule has 0 fully saturated rings. The van der Waals surface area contributed by atoms with Gasteiger partial charge in [0, 0.05) is 16.9 Å². The molecule has 2 nitrogen and oxygen atoms in total. The van der Waals surface area contributed by atoms with Crippen molar-refractivity contribution in [3.05, 3.63) is 34.8 Å². The summed E-state index contributed by atoms with van der Waals surface area (Å²) >= 11 is 3.42. The van der Waals surface area contributed by atoms with Gasteiger partial charge in [0.05, 0.1) is 5.52 Å². The number of fused-ring (bicyclic) bond motifs is 1. The van der Waals surface area contributed by atoms with Crippen LogP contribution in [0.3, 0.4) is 0 Å². The Morgan fingerprint density at radius 2 is 2.08 bits per heavy atom. The smallest absolute Gasteiger partial charge is 0.126 e. The average Bonchev–Trinajstić information content (AvgIpc) is 2.17. The molecule has 0 radical (unpaired) electrons. The molecule has 0 unspecified atom stereocenters. The van der Waals surface area contributed by atoms with E-state index in [4.69, 9.17) is 0 Å². The molecule has 1 heterocycles. The maximum absolute atomic E-state index is 4.40. The summed E-state index contributed by atoms with van der Waals surface area (Å²) in [6, 6.07) is 10.1. The molecule has 3 heteroatoms. The van der Waals surface area contributed by atoms with Crippen LogP contribution < -0.4 is 5.32 Å². The van der Waals surface area contributed by atoms with Gasteiger partial charge in [-0.2, -0.15) is 0 Å². The van der Waals surface area contributed by atoms with Crippen LogP contribution in [0.1, 0.15) is 0 Å². The molecule has 0 aliphatic heterocycles. The van der Waals surface area contributed by atoms with Gasteiger partial charge >= 0.3 is 0 Å². The number of benzene rings is 1. The standard InChI is InChI=1S/C10H9BrN2/c1-12-10-5-2-7-6-8(11)3-4-9(7)13-10/h2-6H,1H3,(H,12,13). The Labute approximate surface area is 85.1 Å². The van der Waals surface area contributed by atoms with Crippen molar-refractivity contribution in [1.29, 1.82) is 0 Å². The van der Waals surface area contributed by atoms with E-state index in [1.807, 2.05) is 25.2 Å².